The van der Waals surface area contributed by atoms with Gasteiger partial charge in [0, 0.05) is 0 Å². The molecule has 2 atom stereocenters. The molecule has 1 heterocycles. The molecule has 0 aromatic heterocycles. The summed E-state index contributed by atoms with van der Waals surface area (Å²) in [6.45, 7) is 0.214. The van der Waals surface area contributed by atoms with E-state index in [1.165, 1.54) is 0 Å². The summed E-state index contributed by atoms with van der Waals surface area (Å²) in [5.41, 5.74) is 1.65. The maximum atomic E-state index is 12.1. The fraction of sp³-hybridized carbons (Fsp3) is 0.286. The Labute approximate surface area is 168 Å². The maximum Gasteiger partial charge on any atom is 0.409 e. The third-order valence-electron chi connectivity index (χ3n) is 4.40. The van der Waals surface area contributed by atoms with Gasteiger partial charge in [0.15, 0.2) is 5.78 Å². The van der Waals surface area contributed by atoms with Crippen molar-refractivity contribution in [2.24, 2.45) is 0 Å². The Bertz CT molecular complexity index is 853. The highest BCUT2D eigenvalue weighted by Gasteiger charge is 2.41. The molecular formula is C21H22N2O6. The highest BCUT2D eigenvalue weighted by molar-refractivity contribution is 5.98. The standard InChI is InChI=1S/C21H22N2O6/c1-27-16-9-7-15(8-10-16)12-28-18(24)11-17-19(25)20(22-17)23-21(26)29-13-14-5-3-2-4-6-14/h2-10,17,20,22H,11-13H2,1H3,(H,23,26). The van der Waals surface area contributed by atoms with Crippen molar-refractivity contribution in [2.75, 3.05) is 7.11 Å². The highest BCUT2D eigenvalue weighted by Crippen LogP contribution is 2.14. The lowest BCUT2D eigenvalue weighted by atomic mass is 9.98. The van der Waals surface area contributed by atoms with Crippen molar-refractivity contribution in [1.82, 2.24) is 10.6 Å². The molecule has 0 bridgehead atoms. The first-order chi connectivity index (χ1) is 14.0. The number of benzene rings is 2. The first kappa shape index (κ1) is 20.3. The minimum Gasteiger partial charge on any atom is -0.497 e. The Balaban J connectivity index is 1.34. The molecule has 1 saturated heterocycles. The first-order valence-corrected chi connectivity index (χ1v) is 9.10. The van der Waals surface area contributed by atoms with Gasteiger partial charge in [-0.3, -0.25) is 20.2 Å². The van der Waals surface area contributed by atoms with Crippen LogP contribution in [0.3, 0.4) is 0 Å². The van der Waals surface area contributed by atoms with Crippen LogP contribution in [0.2, 0.25) is 0 Å². The highest BCUT2D eigenvalue weighted by atomic mass is 16.5. The summed E-state index contributed by atoms with van der Waals surface area (Å²) in [7, 11) is 1.57. The molecule has 0 saturated carbocycles. The van der Waals surface area contributed by atoms with Gasteiger partial charge in [-0.25, -0.2) is 4.79 Å². The Hall–Kier alpha value is -3.39. The number of hydrogen-bond donors (Lipinski definition) is 2. The lowest BCUT2D eigenvalue weighted by Gasteiger charge is -2.34. The minimum atomic E-state index is -0.863. The molecule has 1 aliphatic heterocycles. The second kappa shape index (κ2) is 9.70. The Morgan fingerprint density at radius 3 is 2.28 bits per heavy atom. The molecule has 2 aromatic carbocycles. The Morgan fingerprint density at radius 1 is 0.966 bits per heavy atom. The van der Waals surface area contributed by atoms with E-state index < -0.39 is 24.3 Å². The molecule has 2 N–H and O–H groups in total. The average molecular weight is 398 g/mol. The molecule has 8 nitrogen and oxygen atoms in total. The summed E-state index contributed by atoms with van der Waals surface area (Å²) >= 11 is 0. The van der Waals surface area contributed by atoms with Crippen LogP contribution < -0.4 is 15.4 Å². The zero-order chi connectivity index (χ0) is 20.6. The number of methoxy groups -OCH3 is 1. The summed E-state index contributed by atoms with van der Waals surface area (Å²) in [6, 6.07) is 15.6. The number of ketones is 1. The van der Waals surface area contributed by atoms with E-state index in [9.17, 15) is 14.4 Å². The summed E-state index contributed by atoms with van der Waals surface area (Å²) in [5.74, 6) is -0.0787. The molecule has 2 unspecified atom stereocenters. The van der Waals surface area contributed by atoms with E-state index in [4.69, 9.17) is 14.2 Å². The number of Topliss-reactive ketones (excluding diaryl/α,β-unsaturated/α-hetero) is 1. The van der Waals surface area contributed by atoms with Gasteiger partial charge >= 0.3 is 12.1 Å². The zero-order valence-electron chi connectivity index (χ0n) is 15.9. The first-order valence-electron chi connectivity index (χ1n) is 9.10. The molecular weight excluding hydrogens is 376 g/mol. The molecule has 3 rings (SSSR count). The van der Waals surface area contributed by atoms with Gasteiger partial charge in [-0.05, 0) is 23.3 Å². The predicted octanol–water partition coefficient (Wildman–Crippen LogP) is 1.92. The Morgan fingerprint density at radius 2 is 1.62 bits per heavy atom. The number of ether oxygens (including phenoxy) is 3. The van der Waals surface area contributed by atoms with E-state index in [1.54, 1.807) is 31.4 Å². The molecule has 0 spiro atoms. The number of alkyl carbamates (subject to hydrolysis) is 1. The van der Waals surface area contributed by atoms with E-state index in [0.717, 1.165) is 11.1 Å². The van der Waals surface area contributed by atoms with Crippen LogP contribution in [0.5, 0.6) is 5.75 Å². The van der Waals surface area contributed by atoms with Gasteiger partial charge in [-0.2, -0.15) is 0 Å². The van der Waals surface area contributed by atoms with E-state index in [0.29, 0.717) is 5.75 Å². The summed E-state index contributed by atoms with van der Waals surface area (Å²) in [5, 5.41) is 5.25. The van der Waals surface area contributed by atoms with Gasteiger partial charge in [0.25, 0.3) is 0 Å². The zero-order valence-corrected chi connectivity index (χ0v) is 15.9. The molecule has 8 heteroatoms. The molecule has 0 radical (unpaired) electrons. The van der Waals surface area contributed by atoms with E-state index in [1.807, 2.05) is 30.3 Å². The minimum absolute atomic E-state index is 0.105. The maximum absolute atomic E-state index is 12.1. The summed E-state index contributed by atoms with van der Waals surface area (Å²) in [4.78, 5) is 35.8. The van der Waals surface area contributed by atoms with Crippen LogP contribution in [0.15, 0.2) is 54.6 Å². The van der Waals surface area contributed by atoms with Gasteiger partial charge in [0.2, 0.25) is 0 Å². The summed E-state index contributed by atoms with van der Waals surface area (Å²) < 4.78 is 15.3. The molecule has 0 aliphatic carbocycles. The van der Waals surface area contributed by atoms with Crippen molar-refractivity contribution in [3.63, 3.8) is 0 Å². The van der Waals surface area contributed by atoms with Crippen molar-refractivity contribution in [3.8, 4) is 5.75 Å². The van der Waals surface area contributed by atoms with Crippen LogP contribution in [0.4, 0.5) is 4.79 Å². The van der Waals surface area contributed by atoms with Crippen molar-refractivity contribution >= 4 is 17.8 Å². The lowest BCUT2D eigenvalue weighted by Crippen LogP contribution is -2.69. The number of carbonyl (C=O) groups is 3. The third-order valence-corrected chi connectivity index (χ3v) is 4.40. The van der Waals surface area contributed by atoms with E-state index in [2.05, 4.69) is 10.6 Å². The van der Waals surface area contributed by atoms with Crippen LogP contribution in [0.25, 0.3) is 0 Å². The van der Waals surface area contributed by atoms with Gasteiger partial charge in [0.1, 0.15) is 25.1 Å². The van der Waals surface area contributed by atoms with Crippen molar-refractivity contribution in [1.29, 1.82) is 0 Å². The Kier molecular flexibility index (Phi) is 6.80. The third kappa shape index (κ3) is 5.79. The quantitative estimate of drug-likeness (QED) is 0.655. The number of hydrogen-bond acceptors (Lipinski definition) is 7. The lowest BCUT2D eigenvalue weighted by molar-refractivity contribution is -0.149. The largest absolute Gasteiger partial charge is 0.497 e. The molecule has 2 aromatic rings. The van der Waals surface area contributed by atoms with Crippen LogP contribution in [-0.4, -0.2) is 37.2 Å². The number of carbonyl (C=O) groups excluding carboxylic acids is 3. The van der Waals surface area contributed by atoms with Gasteiger partial charge in [-0.15, -0.1) is 0 Å². The number of amides is 1. The predicted molar refractivity (Wildman–Crippen MR) is 103 cm³/mol. The van der Waals surface area contributed by atoms with Crippen LogP contribution in [-0.2, 0) is 32.3 Å². The number of rotatable bonds is 8. The molecule has 1 fully saturated rings. The fourth-order valence-corrected chi connectivity index (χ4v) is 2.74. The number of nitrogens with one attached hydrogen (secondary N) is 2. The second-order valence-corrected chi connectivity index (χ2v) is 6.47. The van der Waals surface area contributed by atoms with Crippen LogP contribution in [0, 0.1) is 0 Å². The van der Waals surface area contributed by atoms with Gasteiger partial charge < -0.3 is 14.2 Å². The second-order valence-electron chi connectivity index (χ2n) is 6.47. The van der Waals surface area contributed by atoms with Crippen LogP contribution >= 0.6 is 0 Å². The monoisotopic (exact) mass is 398 g/mol. The summed E-state index contributed by atoms with van der Waals surface area (Å²) in [6.07, 6.45) is -1.68. The smallest absolute Gasteiger partial charge is 0.409 e. The molecule has 1 aliphatic rings. The molecule has 152 valence electrons. The molecule has 29 heavy (non-hydrogen) atoms. The van der Waals surface area contributed by atoms with Gasteiger partial charge in [-0.1, -0.05) is 42.5 Å². The van der Waals surface area contributed by atoms with Crippen molar-refractivity contribution in [2.45, 2.75) is 31.8 Å². The molecule has 1 amide bonds. The van der Waals surface area contributed by atoms with E-state index >= 15 is 0 Å². The average Bonchev–Trinajstić information content (AvgIpc) is 2.76. The SMILES string of the molecule is COc1ccc(COC(=O)CC2NC(NC(=O)OCc3ccccc3)C2=O)cc1. The normalized spacial score (nSPS) is 17.8. The topological polar surface area (TPSA) is 103 Å². The number of esters is 1. The van der Waals surface area contributed by atoms with Gasteiger partial charge in [0.05, 0.1) is 19.6 Å². The van der Waals surface area contributed by atoms with Crippen LogP contribution in [0.1, 0.15) is 17.5 Å². The van der Waals surface area contributed by atoms with Crippen molar-refractivity contribution < 1.29 is 28.6 Å². The fourth-order valence-electron chi connectivity index (χ4n) is 2.74. The van der Waals surface area contributed by atoms with Crippen molar-refractivity contribution in [3.05, 3.63) is 65.7 Å². The van der Waals surface area contributed by atoms with E-state index in [-0.39, 0.29) is 25.4 Å².